The topological polar surface area (TPSA) is 64.0 Å². The minimum Gasteiger partial charge on any atom is -0.490 e. The smallest absolute Gasteiger partial charge is 0.266 e. The van der Waals surface area contributed by atoms with Gasteiger partial charge < -0.3 is 9.47 Å². The molecular formula is C26H24ClN3O3S. The summed E-state index contributed by atoms with van der Waals surface area (Å²) in [6, 6.07) is 18.7. The van der Waals surface area contributed by atoms with Gasteiger partial charge in [-0.15, -0.1) is 0 Å². The summed E-state index contributed by atoms with van der Waals surface area (Å²) < 4.78 is 11.8. The van der Waals surface area contributed by atoms with Gasteiger partial charge in [0.25, 0.3) is 5.91 Å². The molecule has 0 atom stereocenters. The molecule has 0 N–H and O–H groups in total. The van der Waals surface area contributed by atoms with E-state index in [1.165, 1.54) is 11.8 Å². The first-order valence-corrected chi connectivity index (χ1v) is 12.1. The Morgan fingerprint density at radius 1 is 1.06 bits per heavy atom. The maximum atomic E-state index is 13.0. The van der Waals surface area contributed by atoms with Gasteiger partial charge in [0.1, 0.15) is 6.61 Å². The van der Waals surface area contributed by atoms with Gasteiger partial charge >= 0.3 is 0 Å². The van der Waals surface area contributed by atoms with Crippen LogP contribution in [0.15, 0.2) is 76.8 Å². The van der Waals surface area contributed by atoms with E-state index in [4.69, 9.17) is 21.1 Å². The minimum absolute atomic E-state index is 0.0841. The number of likely N-dealkylation sites (N-methyl/N-ethyl adjacent to an activating group) is 1. The highest BCUT2D eigenvalue weighted by Crippen LogP contribution is 2.36. The van der Waals surface area contributed by atoms with Gasteiger partial charge in [0.15, 0.2) is 22.5 Å². The molecule has 0 saturated carbocycles. The van der Waals surface area contributed by atoms with E-state index in [2.05, 4.69) is 9.98 Å². The van der Waals surface area contributed by atoms with Gasteiger partial charge in [-0.25, -0.2) is 9.98 Å². The van der Waals surface area contributed by atoms with Gasteiger partial charge in [-0.1, -0.05) is 41.9 Å². The average Bonchev–Trinajstić information content (AvgIpc) is 3.13. The summed E-state index contributed by atoms with van der Waals surface area (Å²) >= 11 is 7.58. The molecule has 0 unspecified atom stereocenters. The Morgan fingerprint density at radius 3 is 2.62 bits per heavy atom. The van der Waals surface area contributed by atoms with Gasteiger partial charge in [-0.05, 0) is 67.6 Å². The lowest BCUT2D eigenvalue weighted by Gasteiger charge is -2.13. The number of benzene rings is 2. The van der Waals surface area contributed by atoms with Crippen molar-refractivity contribution in [3.05, 3.63) is 87.9 Å². The molecule has 3 aromatic rings. The standard InChI is InChI=1S/C26H24ClN3O3S/c1-3-30-25(31)23(34-26(30)29-24-11-7-8-14-28-24)16-18-12-13-21(22(15-18)32-4-2)33-17-19-9-5-6-10-20(19)27/h5-16H,3-4,17H2,1-2H3/b23-16-,29-26+. The second-order valence-electron chi connectivity index (χ2n) is 7.26. The molecule has 1 saturated heterocycles. The zero-order valence-corrected chi connectivity index (χ0v) is 20.5. The Kier molecular flexibility index (Phi) is 7.87. The van der Waals surface area contributed by atoms with E-state index in [1.807, 2.05) is 80.6 Å². The number of pyridine rings is 1. The number of ether oxygens (including phenoxy) is 2. The molecule has 34 heavy (non-hydrogen) atoms. The summed E-state index contributed by atoms with van der Waals surface area (Å²) in [4.78, 5) is 24.0. The maximum Gasteiger partial charge on any atom is 0.266 e. The molecule has 0 radical (unpaired) electrons. The van der Waals surface area contributed by atoms with E-state index in [0.29, 0.717) is 52.2 Å². The Labute approximate surface area is 208 Å². The van der Waals surface area contributed by atoms with Crippen LogP contribution in [0.25, 0.3) is 6.08 Å². The summed E-state index contributed by atoms with van der Waals surface area (Å²) in [5, 5.41) is 1.27. The molecule has 4 rings (SSSR count). The fourth-order valence-electron chi connectivity index (χ4n) is 3.31. The Bertz CT molecular complexity index is 1230. The van der Waals surface area contributed by atoms with E-state index in [1.54, 1.807) is 11.1 Å². The maximum absolute atomic E-state index is 13.0. The monoisotopic (exact) mass is 493 g/mol. The summed E-state index contributed by atoms with van der Waals surface area (Å²) in [5.41, 5.74) is 1.73. The van der Waals surface area contributed by atoms with Gasteiger partial charge in [0, 0.05) is 23.3 Å². The van der Waals surface area contributed by atoms with E-state index < -0.39 is 0 Å². The van der Waals surface area contributed by atoms with Crippen molar-refractivity contribution in [3.8, 4) is 11.5 Å². The average molecular weight is 494 g/mol. The minimum atomic E-state index is -0.0841. The predicted octanol–water partition coefficient (Wildman–Crippen LogP) is 6.34. The molecule has 1 amide bonds. The predicted molar refractivity (Wildman–Crippen MR) is 138 cm³/mol. The number of amides is 1. The van der Waals surface area contributed by atoms with Crippen LogP contribution >= 0.6 is 23.4 Å². The molecule has 1 aliphatic rings. The number of hydrogen-bond acceptors (Lipinski definition) is 6. The van der Waals surface area contributed by atoms with Crippen molar-refractivity contribution in [1.29, 1.82) is 0 Å². The summed E-state index contributed by atoms with van der Waals surface area (Å²) in [7, 11) is 0. The van der Waals surface area contributed by atoms with E-state index in [-0.39, 0.29) is 5.91 Å². The molecule has 174 valence electrons. The molecule has 2 heterocycles. The fraction of sp³-hybridized carbons (Fsp3) is 0.192. The zero-order chi connectivity index (χ0) is 23.9. The van der Waals surface area contributed by atoms with Crippen molar-refractivity contribution >= 4 is 46.3 Å². The number of aromatic nitrogens is 1. The Hall–Kier alpha value is -3.29. The highest BCUT2D eigenvalue weighted by atomic mass is 35.5. The van der Waals surface area contributed by atoms with Crippen LogP contribution in [0.1, 0.15) is 25.0 Å². The summed E-state index contributed by atoms with van der Waals surface area (Å²) in [6.07, 6.45) is 3.52. The molecule has 0 bridgehead atoms. The van der Waals surface area contributed by atoms with E-state index in [0.717, 1.165) is 11.1 Å². The largest absolute Gasteiger partial charge is 0.490 e. The van der Waals surface area contributed by atoms with Crippen LogP contribution in [0.4, 0.5) is 5.82 Å². The van der Waals surface area contributed by atoms with Gasteiger partial charge in [-0.2, -0.15) is 0 Å². The van der Waals surface area contributed by atoms with Crippen molar-refractivity contribution in [1.82, 2.24) is 9.88 Å². The molecule has 1 aliphatic heterocycles. The SMILES string of the molecule is CCOc1cc(/C=C2\S/C(=N/c3ccccn3)N(CC)C2=O)ccc1OCc1ccccc1Cl. The zero-order valence-electron chi connectivity index (χ0n) is 18.9. The first-order valence-electron chi connectivity index (χ1n) is 10.9. The summed E-state index contributed by atoms with van der Waals surface area (Å²) in [6.45, 7) is 5.17. The molecule has 1 aromatic heterocycles. The molecule has 6 nitrogen and oxygen atoms in total. The van der Waals surface area contributed by atoms with Crippen molar-refractivity contribution in [2.45, 2.75) is 20.5 Å². The number of rotatable bonds is 8. The highest BCUT2D eigenvalue weighted by Gasteiger charge is 2.32. The highest BCUT2D eigenvalue weighted by molar-refractivity contribution is 8.18. The summed E-state index contributed by atoms with van der Waals surface area (Å²) in [5.74, 6) is 1.70. The lowest BCUT2D eigenvalue weighted by molar-refractivity contribution is -0.122. The third-order valence-corrected chi connectivity index (χ3v) is 6.35. The van der Waals surface area contributed by atoms with E-state index >= 15 is 0 Å². The Morgan fingerprint density at radius 2 is 1.88 bits per heavy atom. The second kappa shape index (κ2) is 11.2. The van der Waals surface area contributed by atoms with Crippen LogP contribution in [-0.2, 0) is 11.4 Å². The van der Waals surface area contributed by atoms with E-state index in [9.17, 15) is 4.79 Å². The molecule has 0 aliphatic carbocycles. The van der Waals surface area contributed by atoms with Gasteiger partial charge in [-0.3, -0.25) is 9.69 Å². The number of amidine groups is 1. The van der Waals surface area contributed by atoms with Crippen LogP contribution in [0, 0.1) is 0 Å². The van der Waals surface area contributed by atoms with Crippen molar-refractivity contribution in [3.63, 3.8) is 0 Å². The van der Waals surface area contributed by atoms with Crippen molar-refractivity contribution < 1.29 is 14.3 Å². The third-order valence-electron chi connectivity index (χ3n) is 4.97. The quantitative estimate of drug-likeness (QED) is 0.343. The van der Waals surface area contributed by atoms with Crippen LogP contribution < -0.4 is 9.47 Å². The number of thioether (sulfide) groups is 1. The number of carbonyl (C=O) groups is 1. The van der Waals surface area contributed by atoms with Gasteiger partial charge in [0.05, 0.1) is 11.5 Å². The van der Waals surface area contributed by atoms with Crippen LogP contribution in [-0.4, -0.2) is 34.1 Å². The third kappa shape index (κ3) is 5.61. The van der Waals surface area contributed by atoms with Crippen molar-refractivity contribution in [2.24, 2.45) is 4.99 Å². The molecule has 8 heteroatoms. The number of carbonyl (C=O) groups excluding carboxylic acids is 1. The molecule has 0 spiro atoms. The molecule has 2 aromatic carbocycles. The first-order chi connectivity index (χ1) is 16.6. The number of aliphatic imine (C=N–C) groups is 1. The van der Waals surface area contributed by atoms with Crippen LogP contribution in [0.3, 0.4) is 0 Å². The van der Waals surface area contributed by atoms with Gasteiger partial charge in [0.2, 0.25) is 0 Å². The molecule has 1 fully saturated rings. The normalized spacial score (nSPS) is 15.9. The fourth-order valence-corrected chi connectivity index (χ4v) is 4.55. The van der Waals surface area contributed by atoms with Crippen molar-refractivity contribution in [2.75, 3.05) is 13.2 Å². The Balaban J connectivity index is 1.57. The number of halogens is 1. The lowest BCUT2D eigenvalue weighted by Crippen LogP contribution is -2.28. The number of nitrogens with zero attached hydrogens (tertiary/aromatic N) is 3. The number of hydrogen-bond donors (Lipinski definition) is 0. The second-order valence-corrected chi connectivity index (χ2v) is 8.68. The van der Waals surface area contributed by atoms with Crippen LogP contribution in [0.2, 0.25) is 5.02 Å². The van der Waals surface area contributed by atoms with Crippen LogP contribution in [0.5, 0.6) is 11.5 Å². The molecular weight excluding hydrogens is 470 g/mol. The lowest BCUT2D eigenvalue weighted by atomic mass is 10.1. The first kappa shape index (κ1) is 23.9.